The quantitative estimate of drug-likeness (QED) is 0.588. The van der Waals surface area contributed by atoms with Crippen molar-refractivity contribution >= 4 is 22.8 Å². The van der Waals surface area contributed by atoms with E-state index < -0.39 is 5.92 Å². The lowest BCUT2D eigenvalue weighted by Crippen LogP contribution is -2.47. The smallest absolute Gasteiger partial charge is 0.243 e. The van der Waals surface area contributed by atoms with Gasteiger partial charge in [-0.25, -0.2) is 9.97 Å². The zero-order valence-electron chi connectivity index (χ0n) is 20.1. The summed E-state index contributed by atoms with van der Waals surface area (Å²) >= 11 is 0. The van der Waals surface area contributed by atoms with E-state index in [1.807, 2.05) is 30.3 Å². The molecule has 180 valence electrons. The number of hydrogen-bond donors (Lipinski definition) is 1. The second-order valence-corrected chi connectivity index (χ2v) is 9.58. The summed E-state index contributed by atoms with van der Waals surface area (Å²) in [4.78, 5) is 27.6. The summed E-state index contributed by atoms with van der Waals surface area (Å²) in [6.07, 6.45) is 5.41. The van der Waals surface area contributed by atoms with Gasteiger partial charge in [-0.15, -0.1) is 0 Å². The first-order chi connectivity index (χ1) is 17.2. The molecule has 0 bridgehead atoms. The standard InChI is InChI=1S/C28H32N6O/c29-19-23(28(35)30-22-11-5-2-6-12-22)26-27(32-25-14-8-7-13-24(25)31-26)34-17-15-33(16-18-34)20-21-9-3-1-4-10-21/h1,3-4,7-10,13-14,22-23H,2,5-6,11-12,15-18,20H2,(H,30,35). The van der Waals surface area contributed by atoms with Gasteiger partial charge in [-0.05, 0) is 30.5 Å². The Labute approximate surface area is 206 Å². The molecule has 3 aromatic rings. The van der Waals surface area contributed by atoms with Crippen molar-refractivity contribution in [2.75, 3.05) is 31.1 Å². The first kappa shape index (κ1) is 23.3. The predicted octanol–water partition coefficient (Wildman–Crippen LogP) is 4.01. The van der Waals surface area contributed by atoms with E-state index in [2.05, 4.69) is 45.5 Å². The van der Waals surface area contributed by atoms with Crippen LogP contribution in [-0.2, 0) is 11.3 Å². The fraction of sp³-hybridized carbons (Fsp3) is 0.429. The Morgan fingerprint density at radius 2 is 1.60 bits per heavy atom. The van der Waals surface area contributed by atoms with Crippen molar-refractivity contribution in [1.82, 2.24) is 20.2 Å². The highest BCUT2D eigenvalue weighted by Gasteiger charge is 2.31. The van der Waals surface area contributed by atoms with Crippen molar-refractivity contribution < 1.29 is 4.79 Å². The number of carbonyl (C=O) groups excluding carboxylic acids is 1. The molecule has 0 spiro atoms. The van der Waals surface area contributed by atoms with E-state index in [1.54, 1.807) is 0 Å². The molecule has 1 atom stereocenters. The highest BCUT2D eigenvalue weighted by molar-refractivity contribution is 5.89. The molecule has 1 aliphatic heterocycles. The van der Waals surface area contributed by atoms with E-state index in [1.165, 1.54) is 12.0 Å². The van der Waals surface area contributed by atoms with Crippen LogP contribution in [0.2, 0.25) is 0 Å². The lowest BCUT2D eigenvalue weighted by atomic mass is 9.94. The average Bonchev–Trinajstić information content (AvgIpc) is 2.90. The number of benzene rings is 2. The summed E-state index contributed by atoms with van der Waals surface area (Å²) in [5, 5.41) is 13.2. The molecule has 2 fully saturated rings. The molecule has 2 heterocycles. The van der Waals surface area contributed by atoms with Crippen LogP contribution in [0.4, 0.5) is 5.82 Å². The lowest BCUT2D eigenvalue weighted by molar-refractivity contribution is -0.122. The van der Waals surface area contributed by atoms with E-state index in [4.69, 9.17) is 9.97 Å². The van der Waals surface area contributed by atoms with Crippen molar-refractivity contribution in [1.29, 1.82) is 5.26 Å². The Balaban J connectivity index is 1.38. The largest absolute Gasteiger partial charge is 0.352 e. The van der Waals surface area contributed by atoms with E-state index in [0.29, 0.717) is 17.0 Å². The molecule has 1 amide bonds. The SMILES string of the molecule is N#CC(C(=O)NC1CCCCC1)c1nc2ccccc2nc1N1CCN(Cc2ccccc2)CC1. The van der Waals surface area contributed by atoms with Gasteiger partial charge in [0.15, 0.2) is 11.7 Å². The summed E-state index contributed by atoms with van der Waals surface area (Å²) in [6.45, 7) is 4.22. The van der Waals surface area contributed by atoms with Crippen LogP contribution in [0.25, 0.3) is 11.0 Å². The monoisotopic (exact) mass is 468 g/mol. The number of anilines is 1. The number of amides is 1. The average molecular weight is 469 g/mol. The number of fused-ring (bicyclic) bond motifs is 1. The molecule has 1 saturated carbocycles. The van der Waals surface area contributed by atoms with Gasteiger partial charge in [-0.2, -0.15) is 5.26 Å². The van der Waals surface area contributed by atoms with Crippen LogP contribution in [0, 0.1) is 11.3 Å². The normalized spacial score (nSPS) is 18.2. The molecule has 2 aromatic carbocycles. The fourth-order valence-electron chi connectivity index (χ4n) is 5.17. The summed E-state index contributed by atoms with van der Waals surface area (Å²) in [5.74, 6) is -0.576. The third kappa shape index (κ3) is 5.44. The zero-order chi connectivity index (χ0) is 24.0. The molecule has 2 aliphatic rings. The number of carbonyl (C=O) groups is 1. The number of para-hydroxylation sites is 2. The van der Waals surface area contributed by atoms with Gasteiger partial charge in [0.2, 0.25) is 5.91 Å². The van der Waals surface area contributed by atoms with Crippen LogP contribution in [0.3, 0.4) is 0 Å². The maximum absolute atomic E-state index is 13.2. The van der Waals surface area contributed by atoms with Gasteiger partial charge >= 0.3 is 0 Å². The molecular weight excluding hydrogens is 436 g/mol. The Hall–Kier alpha value is -3.50. The number of rotatable bonds is 6. The molecule has 1 aromatic heterocycles. The van der Waals surface area contributed by atoms with Gasteiger partial charge < -0.3 is 10.2 Å². The van der Waals surface area contributed by atoms with Crippen LogP contribution in [-0.4, -0.2) is 53.0 Å². The minimum atomic E-state index is -0.980. The first-order valence-electron chi connectivity index (χ1n) is 12.7. The van der Waals surface area contributed by atoms with Crippen molar-refractivity contribution in [2.24, 2.45) is 0 Å². The fourth-order valence-corrected chi connectivity index (χ4v) is 5.17. The third-order valence-electron chi connectivity index (χ3n) is 7.12. The molecule has 1 saturated heterocycles. The lowest BCUT2D eigenvalue weighted by Gasteiger charge is -2.36. The van der Waals surface area contributed by atoms with Crippen LogP contribution in [0.1, 0.15) is 49.3 Å². The minimum Gasteiger partial charge on any atom is -0.352 e. The van der Waals surface area contributed by atoms with Crippen LogP contribution in [0.15, 0.2) is 54.6 Å². The van der Waals surface area contributed by atoms with Crippen LogP contribution < -0.4 is 10.2 Å². The van der Waals surface area contributed by atoms with Crippen molar-refractivity contribution in [3.8, 4) is 6.07 Å². The van der Waals surface area contributed by atoms with Gasteiger partial charge in [0.1, 0.15) is 5.69 Å². The Morgan fingerprint density at radius 3 is 2.29 bits per heavy atom. The highest BCUT2D eigenvalue weighted by Crippen LogP contribution is 2.29. The number of aromatic nitrogens is 2. The molecule has 0 radical (unpaired) electrons. The highest BCUT2D eigenvalue weighted by atomic mass is 16.2. The second-order valence-electron chi connectivity index (χ2n) is 9.58. The van der Waals surface area contributed by atoms with E-state index in [9.17, 15) is 10.1 Å². The van der Waals surface area contributed by atoms with Gasteiger partial charge in [0, 0.05) is 38.8 Å². The Kier molecular flexibility index (Phi) is 7.20. The minimum absolute atomic E-state index is 0.144. The number of nitrogens with one attached hydrogen (secondary N) is 1. The number of hydrogen-bond acceptors (Lipinski definition) is 6. The first-order valence-corrected chi connectivity index (χ1v) is 12.7. The molecule has 7 nitrogen and oxygen atoms in total. The summed E-state index contributed by atoms with van der Waals surface area (Å²) in [5.41, 5.74) is 3.26. The van der Waals surface area contributed by atoms with E-state index in [-0.39, 0.29) is 11.9 Å². The molecule has 1 N–H and O–H groups in total. The van der Waals surface area contributed by atoms with Crippen molar-refractivity contribution in [3.05, 3.63) is 65.9 Å². The number of piperazine rings is 1. The predicted molar refractivity (Wildman–Crippen MR) is 137 cm³/mol. The van der Waals surface area contributed by atoms with E-state index >= 15 is 0 Å². The van der Waals surface area contributed by atoms with Crippen LogP contribution in [0.5, 0.6) is 0 Å². The van der Waals surface area contributed by atoms with E-state index in [0.717, 1.165) is 63.9 Å². The summed E-state index contributed by atoms with van der Waals surface area (Å²) in [6, 6.07) is 20.6. The number of nitrogens with zero attached hydrogens (tertiary/aromatic N) is 5. The molecule has 1 unspecified atom stereocenters. The van der Waals surface area contributed by atoms with Crippen molar-refractivity contribution in [2.45, 2.75) is 50.6 Å². The zero-order valence-corrected chi connectivity index (χ0v) is 20.1. The Bertz CT molecular complexity index is 1190. The maximum atomic E-state index is 13.2. The van der Waals surface area contributed by atoms with Gasteiger partial charge in [-0.3, -0.25) is 9.69 Å². The molecule has 7 heteroatoms. The topological polar surface area (TPSA) is 85.1 Å². The summed E-state index contributed by atoms with van der Waals surface area (Å²) in [7, 11) is 0. The third-order valence-corrected chi connectivity index (χ3v) is 7.12. The number of nitriles is 1. The van der Waals surface area contributed by atoms with Crippen molar-refractivity contribution in [3.63, 3.8) is 0 Å². The molecule has 5 rings (SSSR count). The van der Waals surface area contributed by atoms with Gasteiger partial charge in [-0.1, -0.05) is 61.7 Å². The van der Waals surface area contributed by atoms with Gasteiger partial charge in [0.25, 0.3) is 0 Å². The Morgan fingerprint density at radius 1 is 0.943 bits per heavy atom. The molecule has 1 aliphatic carbocycles. The summed E-state index contributed by atoms with van der Waals surface area (Å²) < 4.78 is 0. The second kappa shape index (κ2) is 10.8. The van der Waals surface area contributed by atoms with Gasteiger partial charge in [0.05, 0.1) is 17.1 Å². The maximum Gasteiger partial charge on any atom is 0.243 e. The van der Waals surface area contributed by atoms with Crippen LogP contribution >= 0.6 is 0 Å². The molecule has 35 heavy (non-hydrogen) atoms. The molecular formula is C28H32N6O.